The van der Waals surface area contributed by atoms with Crippen LogP contribution >= 0.6 is 34.3 Å². The summed E-state index contributed by atoms with van der Waals surface area (Å²) in [5.74, 6) is 0. The van der Waals surface area contributed by atoms with Gasteiger partial charge in [0.2, 0.25) is 0 Å². The molecule has 1 aliphatic rings. The first kappa shape index (κ1) is 29.2. The van der Waals surface area contributed by atoms with E-state index in [1.807, 2.05) is 34.8 Å². The van der Waals surface area contributed by atoms with Crippen molar-refractivity contribution in [2.24, 2.45) is 0 Å². The zero-order valence-corrected chi connectivity index (χ0v) is 28.5. The van der Waals surface area contributed by atoms with E-state index >= 15 is 0 Å². The highest BCUT2D eigenvalue weighted by Crippen LogP contribution is 2.41. The molecule has 0 atom stereocenters. The highest BCUT2D eigenvalue weighted by molar-refractivity contribution is 7.18. The summed E-state index contributed by atoms with van der Waals surface area (Å²) < 4.78 is 2.41. The Kier molecular flexibility index (Phi) is 7.47. The van der Waals surface area contributed by atoms with Gasteiger partial charge in [0.1, 0.15) is 0 Å². The number of aromatic nitrogens is 1. The van der Waals surface area contributed by atoms with Crippen molar-refractivity contribution in [3.8, 4) is 48.1 Å². The molecule has 230 valence electrons. The van der Waals surface area contributed by atoms with Gasteiger partial charge in [-0.1, -0.05) is 96.6 Å². The first-order valence-corrected chi connectivity index (χ1v) is 18.3. The van der Waals surface area contributed by atoms with E-state index in [2.05, 4.69) is 150 Å². The summed E-state index contributed by atoms with van der Waals surface area (Å²) in [4.78, 5) is 5.22. The molecule has 9 rings (SSSR count). The molecular weight excluding hydrogens is 642 g/mol. The molecule has 0 unspecified atom stereocenters. The minimum absolute atomic E-state index is 0.749. The summed E-state index contributed by atoms with van der Waals surface area (Å²) in [6.07, 6.45) is 8.92. The fraction of sp³-hybridized carbons (Fsp3) is 0.0455. The molecule has 48 heavy (non-hydrogen) atoms. The van der Waals surface area contributed by atoms with Gasteiger partial charge in [-0.05, 0) is 119 Å². The normalized spacial score (nSPS) is 13.0. The van der Waals surface area contributed by atoms with Crippen LogP contribution in [0, 0.1) is 0 Å². The number of nitrogens with zero attached hydrogens (tertiary/aromatic N) is 1. The summed E-state index contributed by atoms with van der Waals surface area (Å²) in [6.45, 7) is 0. The highest BCUT2D eigenvalue weighted by atomic mass is 35.5. The maximum absolute atomic E-state index is 6.24. The molecule has 0 aliphatic heterocycles. The minimum Gasteiger partial charge on any atom is -0.309 e. The van der Waals surface area contributed by atoms with Crippen molar-refractivity contribution in [1.29, 1.82) is 0 Å². The minimum atomic E-state index is 0.749. The summed E-state index contributed by atoms with van der Waals surface area (Å²) >= 11 is 9.97. The molecule has 8 aromatic rings. The third kappa shape index (κ3) is 5.35. The Bertz CT molecular complexity index is 2490. The Morgan fingerprint density at radius 1 is 0.500 bits per heavy atom. The van der Waals surface area contributed by atoms with Crippen molar-refractivity contribution in [1.82, 2.24) is 4.57 Å². The van der Waals surface area contributed by atoms with Gasteiger partial charge in [-0.3, -0.25) is 0 Å². The van der Waals surface area contributed by atoms with Crippen LogP contribution in [0.25, 0.3) is 75.5 Å². The van der Waals surface area contributed by atoms with Gasteiger partial charge in [0.05, 0.1) is 11.0 Å². The van der Waals surface area contributed by atoms with Gasteiger partial charge >= 0.3 is 0 Å². The topological polar surface area (TPSA) is 4.93 Å². The molecular formula is C44H30ClNS2. The highest BCUT2D eigenvalue weighted by Gasteiger charge is 2.16. The van der Waals surface area contributed by atoms with Crippen LogP contribution in [0.1, 0.15) is 17.7 Å². The van der Waals surface area contributed by atoms with Crippen molar-refractivity contribution in [2.75, 3.05) is 0 Å². The van der Waals surface area contributed by atoms with Gasteiger partial charge in [-0.2, -0.15) is 0 Å². The van der Waals surface area contributed by atoms with E-state index in [1.165, 1.54) is 69.1 Å². The number of hydrogen-bond acceptors (Lipinski definition) is 2. The molecule has 0 saturated heterocycles. The molecule has 5 aromatic carbocycles. The lowest BCUT2D eigenvalue weighted by atomic mass is 10.0. The van der Waals surface area contributed by atoms with Crippen molar-refractivity contribution >= 4 is 61.7 Å². The van der Waals surface area contributed by atoms with Crippen molar-refractivity contribution in [2.45, 2.75) is 12.8 Å². The number of benzene rings is 5. The quantitative estimate of drug-likeness (QED) is 0.166. The predicted molar refractivity (Wildman–Crippen MR) is 210 cm³/mol. The number of allylic oxidation sites excluding steroid dienone is 4. The van der Waals surface area contributed by atoms with E-state index < -0.39 is 0 Å². The second-order valence-electron chi connectivity index (χ2n) is 12.2. The zero-order valence-electron chi connectivity index (χ0n) is 26.1. The maximum atomic E-state index is 6.24. The molecule has 0 fully saturated rings. The van der Waals surface area contributed by atoms with Crippen molar-refractivity contribution in [3.63, 3.8) is 0 Å². The summed E-state index contributed by atoms with van der Waals surface area (Å²) in [6, 6.07) is 50.6. The standard InChI is InChI=1S/C44H30ClNS2/c45-35-17-11-29(12-18-35)33-15-21-39-37(27-33)38-28-34(44-26-25-42(48-44)31-9-5-2-6-10-31)16-22-40(38)46(39)36-19-13-32(14-20-36)43-24-23-41(47-43)30-7-3-1-4-8-30/h1-5,7-9,11-28H,6,10H2. The van der Waals surface area contributed by atoms with E-state index in [4.69, 9.17) is 11.6 Å². The molecule has 0 spiro atoms. The third-order valence-corrected chi connectivity index (χ3v) is 11.9. The smallest absolute Gasteiger partial charge is 0.0541 e. The Labute approximate surface area is 293 Å². The number of fused-ring (bicyclic) bond motifs is 3. The first-order valence-electron chi connectivity index (χ1n) is 16.2. The van der Waals surface area contributed by atoms with Crippen molar-refractivity contribution in [3.05, 3.63) is 168 Å². The summed E-state index contributed by atoms with van der Waals surface area (Å²) in [7, 11) is 0. The molecule has 4 heteroatoms. The Balaban J connectivity index is 1.15. The van der Waals surface area contributed by atoms with E-state index in [9.17, 15) is 0 Å². The molecule has 0 saturated carbocycles. The van der Waals surface area contributed by atoms with E-state index in [0.717, 1.165) is 29.1 Å². The first-order chi connectivity index (χ1) is 23.7. The number of hydrogen-bond donors (Lipinski definition) is 0. The Hall–Kier alpha value is -4.93. The van der Waals surface area contributed by atoms with Crippen LogP contribution in [0.15, 0.2) is 158 Å². The molecule has 0 bridgehead atoms. The molecule has 1 nitrogen and oxygen atoms in total. The average molecular weight is 672 g/mol. The number of halogens is 1. The van der Waals surface area contributed by atoms with Crippen LogP contribution in [-0.2, 0) is 0 Å². The summed E-state index contributed by atoms with van der Waals surface area (Å²) in [5.41, 5.74) is 11.1. The number of rotatable bonds is 6. The van der Waals surface area contributed by atoms with E-state index in [1.54, 1.807) is 0 Å². The fourth-order valence-corrected chi connectivity index (χ4v) is 8.97. The molecule has 0 radical (unpaired) electrons. The van der Waals surface area contributed by atoms with E-state index in [-0.39, 0.29) is 0 Å². The Morgan fingerprint density at radius 2 is 1.06 bits per heavy atom. The van der Waals surface area contributed by atoms with Gasteiger partial charge in [-0.15, -0.1) is 22.7 Å². The molecule has 3 aromatic heterocycles. The molecule has 3 heterocycles. The summed E-state index contributed by atoms with van der Waals surface area (Å²) in [5, 5.41) is 3.24. The van der Waals surface area contributed by atoms with Crippen LogP contribution in [0.4, 0.5) is 0 Å². The fourth-order valence-electron chi connectivity index (χ4n) is 6.78. The monoisotopic (exact) mass is 671 g/mol. The van der Waals surface area contributed by atoms with Gasteiger partial charge in [0, 0.05) is 41.0 Å². The van der Waals surface area contributed by atoms with Gasteiger partial charge in [0.25, 0.3) is 0 Å². The lowest BCUT2D eigenvalue weighted by Crippen LogP contribution is -1.93. The van der Waals surface area contributed by atoms with Crippen molar-refractivity contribution < 1.29 is 0 Å². The zero-order chi connectivity index (χ0) is 32.0. The van der Waals surface area contributed by atoms with Crippen LogP contribution in [0.3, 0.4) is 0 Å². The third-order valence-electron chi connectivity index (χ3n) is 9.24. The SMILES string of the molecule is Clc1ccc(-c2ccc3c(c2)c2cc(-c4ccc(C5=CC=CCC5)s4)ccc2n3-c2ccc(-c3ccc(-c4ccccc4)s3)cc2)cc1. The largest absolute Gasteiger partial charge is 0.309 e. The van der Waals surface area contributed by atoms with Gasteiger partial charge < -0.3 is 4.57 Å². The predicted octanol–water partition coefficient (Wildman–Crippen LogP) is 14.0. The lowest BCUT2D eigenvalue weighted by Gasteiger charge is -2.10. The van der Waals surface area contributed by atoms with Crippen LogP contribution in [-0.4, -0.2) is 4.57 Å². The van der Waals surface area contributed by atoms with E-state index in [0.29, 0.717) is 0 Å². The maximum Gasteiger partial charge on any atom is 0.0541 e. The van der Waals surface area contributed by atoms with Gasteiger partial charge in [-0.25, -0.2) is 0 Å². The average Bonchev–Trinajstić information content (AvgIpc) is 3.91. The number of thiophene rings is 2. The molecule has 1 aliphatic carbocycles. The molecule has 0 amide bonds. The van der Waals surface area contributed by atoms with Crippen LogP contribution in [0.2, 0.25) is 5.02 Å². The molecule has 0 N–H and O–H groups in total. The van der Waals surface area contributed by atoms with Crippen LogP contribution < -0.4 is 0 Å². The lowest BCUT2D eigenvalue weighted by molar-refractivity contribution is 1.06. The second kappa shape index (κ2) is 12.3. The Morgan fingerprint density at radius 3 is 1.75 bits per heavy atom. The second-order valence-corrected chi connectivity index (χ2v) is 14.8. The van der Waals surface area contributed by atoms with Gasteiger partial charge in [0.15, 0.2) is 0 Å². The van der Waals surface area contributed by atoms with Crippen LogP contribution in [0.5, 0.6) is 0 Å².